The number of nitrogen functional groups attached to an aromatic ring is 1. The first kappa shape index (κ1) is 14.8. The van der Waals surface area contributed by atoms with Crippen molar-refractivity contribution < 1.29 is 4.79 Å². The van der Waals surface area contributed by atoms with Crippen LogP contribution in [0.4, 0.5) is 5.82 Å². The molecule has 0 aliphatic carbocycles. The quantitative estimate of drug-likeness (QED) is 0.880. The van der Waals surface area contributed by atoms with Gasteiger partial charge < -0.3 is 16.0 Å². The highest BCUT2D eigenvalue weighted by atomic mass is 16.1. The van der Waals surface area contributed by atoms with Crippen molar-refractivity contribution in [3.05, 3.63) is 23.4 Å². The second-order valence-electron chi connectivity index (χ2n) is 5.91. The van der Waals surface area contributed by atoms with E-state index in [1.165, 1.54) is 0 Å². The number of carbonyl (C=O) groups is 1. The van der Waals surface area contributed by atoms with E-state index in [4.69, 9.17) is 5.73 Å². The van der Waals surface area contributed by atoms with E-state index in [1.54, 1.807) is 6.07 Å². The predicted octanol–water partition coefficient (Wildman–Crippen LogP) is 1.61. The van der Waals surface area contributed by atoms with E-state index in [0.717, 1.165) is 31.6 Å². The Morgan fingerprint density at radius 3 is 2.65 bits per heavy atom. The Kier molecular flexibility index (Phi) is 4.60. The largest absolute Gasteiger partial charge is 0.384 e. The highest BCUT2D eigenvalue weighted by Crippen LogP contribution is 2.17. The van der Waals surface area contributed by atoms with Crippen LogP contribution in [0.1, 0.15) is 48.7 Å². The van der Waals surface area contributed by atoms with E-state index in [9.17, 15) is 4.79 Å². The van der Waals surface area contributed by atoms with Crippen LogP contribution < -0.4 is 11.1 Å². The number of aromatic nitrogens is 1. The molecule has 0 unspecified atom stereocenters. The molecule has 1 saturated heterocycles. The zero-order valence-corrected chi connectivity index (χ0v) is 12.5. The zero-order chi connectivity index (χ0) is 14.7. The van der Waals surface area contributed by atoms with Crippen LogP contribution in [0.2, 0.25) is 0 Å². The summed E-state index contributed by atoms with van der Waals surface area (Å²) in [7, 11) is 2.11. The first-order valence-electron chi connectivity index (χ1n) is 7.22. The van der Waals surface area contributed by atoms with Crippen LogP contribution in [0.25, 0.3) is 0 Å². The number of amides is 1. The van der Waals surface area contributed by atoms with Gasteiger partial charge in [-0.25, -0.2) is 4.98 Å². The fraction of sp³-hybridized carbons (Fsp3) is 0.600. The van der Waals surface area contributed by atoms with Gasteiger partial charge >= 0.3 is 0 Å². The number of anilines is 1. The Morgan fingerprint density at radius 2 is 2.05 bits per heavy atom. The fourth-order valence-corrected chi connectivity index (χ4v) is 2.42. The van der Waals surface area contributed by atoms with E-state index in [-0.39, 0.29) is 17.9 Å². The summed E-state index contributed by atoms with van der Waals surface area (Å²) >= 11 is 0. The lowest BCUT2D eigenvalue weighted by Crippen LogP contribution is -2.43. The van der Waals surface area contributed by atoms with Gasteiger partial charge in [0.05, 0.1) is 0 Å². The molecule has 1 aromatic rings. The molecule has 1 fully saturated rings. The average molecular weight is 276 g/mol. The molecule has 2 heterocycles. The van der Waals surface area contributed by atoms with Gasteiger partial charge in [0.2, 0.25) is 0 Å². The summed E-state index contributed by atoms with van der Waals surface area (Å²) in [6, 6.07) is 3.75. The van der Waals surface area contributed by atoms with Crippen LogP contribution in [0.3, 0.4) is 0 Å². The number of nitrogens with two attached hydrogens (primary N) is 1. The molecule has 1 aliphatic rings. The van der Waals surface area contributed by atoms with Crippen molar-refractivity contribution >= 4 is 11.7 Å². The molecule has 0 bridgehead atoms. The maximum Gasteiger partial charge on any atom is 0.251 e. The van der Waals surface area contributed by atoms with E-state index in [1.807, 2.05) is 19.9 Å². The number of carbonyl (C=O) groups excluding carboxylic acids is 1. The Labute approximate surface area is 120 Å². The molecule has 1 aromatic heterocycles. The van der Waals surface area contributed by atoms with Gasteiger partial charge in [0.15, 0.2) is 0 Å². The van der Waals surface area contributed by atoms with Crippen LogP contribution in [0, 0.1) is 0 Å². The SMILES string of the molecule is CC(C)c1cc(C(=O)NC2CCN(C)CC2)cc(N)n1. The monoisotopic (exact) mass is 276 g/mol. The molecule has 5 heteroatoms. The Bertz CT molecular complexity index is 479. The first-order chi connectivity index (χ1) is 9.45. The van der Waals surface area contributed by atoms with Crippen LogP contribution in [-0.4, -0.2) is 42.0 Å². The molecule has 0 saturated carbocycles. The normalized spacial score (nSPS) is 17.4. The van der Waals surface area contributed by atoms with Gasteiger partial charge in [-0.3, -0.25) is 4.79 Å². The van der Waals surface area contributed by atoms with Crippen molar-refractivity contribution in [2.24, 2.45) is 0 Å². The highest BCUT2D eigenvalue weighted by Gasteiger charge is 2.19. The lowest BCUT2D eigenvalue weighted by atomic mass is 10.0. The van der Waals surface area contributed by atoms with Gasteiger partial charge in [0, 0.05) is 17.3 Å². The van der Waals surface area contributed by atoms with Gasteiger partial charge in [-0.2, -0.15) is 0 Å². The van der Waals surface area contributed by atoms with Crippen LogP contribution in [-0.2, 0) is 0 Å². The number of nitrogens with zero attached hydrogens (tertiary/aromatic N) is 2. The number of nitrogens with one attached hydrogen (secondary N) is 1. The van der Waals surface area contributed by atoms with Crippen molar-refractivity contribution in [3.8, 4) is 0 Å². The lowest BCUT2D eigenvalue weighted by molar-refractivity contribution is 0.0916. The lowest BCUT2D eigenvalue weighted by Gasteiger charge is -2.29. The Morgan fingerprint density at radius 1 is 1.40 bits per heavy atom. The smallest absolute Gasteiger partial charge is 0.251 e. The summed E-state index contributed by atoms with van der Waals surface area (Å²) in [5, 5.41) is 3.10. The molecule has 0 radical (unpaired) electrons. The summed E-state index contributed by atoms with van der Waals surface area (Å²) < 4.78 is 0. The van der Waals surface area contributed by atoms with Gasteiger partial charge in [0.1, 0.15) is 5.82 Å². The minimum Gasteiger partial charge on any atom is -0.384 e. The van der Waals surface area contributed by atoms with E-state index in [2.05, 4.69) is 22.2 Å². The Balaban J connectivity index is 2.05. The number of hydrogen-bond acceptors (Lipinski definition) is 4. The molecule has 1 aliphatic heterocycles. The minimum atomic E-state index is -0.0458. The van der Waals surface area contributed by atoms with Crippen LogP contribution in [0.5, 0.6) is 0 Å². The zero-order valence-electron chi connectivity index (χ0n) is 12.5. The van der Waals surface area contributed by atoms with E-state index in [0.29, 0.717) is 11.4 Å². The average Bonchev–Trinajstić information content (AvgIpc) is 2.40. The third-order valence-electron chi connectivity index (χ3n) is 3.77. The van der Waals surface area contributed by atoms with Gasteiger partial charge in [-0.1, -0.05) is 13.8 Å². The molecule has 20 heavy (non-hydrogen) atoms. The number of piperidine rings is 1. The number of likely N-dealkylation sites (tertiary alicyclic amines) is 1. The van der Waals surface area contributed by atoms with Crippen molar-refractivity contribution in [2.75, 3.05) is 25.9 Å². The summed E-state index contributed by atoms with van der Waals surface area (Å²) in [5.41, 5.74) is 7.26. The predicted molar refractivity (Wildman–Crippen MR) is 80.7 cm³/mol. The second-order valence-corrected chi connectivity index (χ2v) is 5.91. The minimum absolute atomic E-state index is 0.0458. The molecule has 2 rings (SSSR count). The number of pyridine rings is 1. The van der Waals surface area contributed by atoms with Gasteiger partial charge in [-0.15, -0.1) is 0 Å². The summed E-state index contributed by atoms with van der Waals surface area (Å²) in [6.07, 6.45) is 2.00. The molecule has 1 amide bonds. The third kappa shape index (κ3) is 3.70. The number of rotatable bonds is 3. The standard InChI is InChI=1S/C15H24N4O/c1-10(2)13-8-11(9-14(16)18-13)15(20)17-12-4-6-19(3)7-5-12/h8-10,12H,4-7H2,1-3H3,(H2,16,18)(H,17,20). The van der Waals surface area contributed by atoms with E-state index < -0.39 is 0 Å². The molecule has 0 aromatic carbocycles. The van der Waals surface area contributed by atoms with Crippen molar-refractivity contribution in [2.45, 2.75) is 38.6 Å². The topological polar surface area (TPSA) is 71.2 Å². The van der Waals surface area contributed by atoms with Gasteiger partial charge in [-0.05, 0) is 51.0 Å². The highest BCUT2D eigenvalue weighted by molar-refractivity contribution is 5.95. The first-order valence-corrected chi connectivity index (χ1v) is 7.22. The molecule has 0 atom stereocenters. The Hall–Kier alpha value is -1.62. The van der Waals surface area contributed by atoms with Crippen molar-refractivity contribution in [3.63, 3.8) is 0 Å². The maximum absolute atomic E-state index is 12.3. The maximum atomic E-state index is 12.3. The summed E-state index contributed by atoms with van der Waals surface area (Å²) in [5.74, 6) is 0.619. The second kappa shape index (κ2) is 6.22. The summed E-state index contributed by atoms with van der Waals surface area (Å²) in [4.78, 5) is 18.9. The molecule has 3 N–H and O–H groups in total. The summed E-state index contributed by atoms with van der Waals surface area (Å²) in [6.45, 7) is 6.14. The molecular formula is C15H24N4O. The van der Waals surface area contributed by atoms with Crippen molar-refractivity contribution in [1.82, 2.24) is 15.2 Å². The number of hydrogen-bond donors (Lipinski definition) is 2. The van der Waals surface area contributed by atoms with Crippen molar-refractivity contribution in [1.29, 1.82) is 0 Å². The molecular weight excluding hydrogens is 252 g/mol. The molecule has 5 nitrogen and oxygen atoms in total. The van der Waals surface area contributed by atoms with Crippen LogP contribution in [0.15, 0.2) is 12.1 Å². The fourth-order valence-electron chi connectivity index (χ4n) is 2.42. The molecule has 0 spiro atoms. The molecule has 110 valence electrons. The van der Waals surface area contributed by atoms with Crippen LogP contribution >= 0.6 is 0 Å². The van der Waals surface area contributed by atoms with Gasteiger partial charge in [0.25, 0.3) is 5.91 Å². The van der Waals surface area contributed by atoms with E-state index >= 15 is 0 Å². The third-order valence-corrected chi connectivity index (χ3v) is 3.77.